The third-order valence-electron chi connectivity index (χ3n) is 4.60. The predicted molar refractivity (Wildman–Crippen MR) is 115 cm³/mol. The standard InChI is InChI=1S/C21H22N6O5/c1-11(28)3-8-16(21(31)32)27-19(29)13-4-6-14(7-5-13)22-9-15-10-23-18-17(26-15)20(30)25-12(2)24-18/h4-7,10,16,22H,3,8-9H2,1-2H3,(H,27,29)(H,31,32)(H,23,24,25,30). The lowest BCUT2D eigenvalue weighted by Gasteiger charge is -2.14. The summed E-state index contributed by atoms with van der Waals surface area (Å²) in [5.41, 5.74) is 1.56. The molecule has 1 amide bonds. The van der Waals surface area contributed by atoms with Crippen LogP contribution in [0.4, 0.5) is 5.69 Å². The molecule has 0 aliphatic carbocycles. The van der Waals surface area contributed by atoms with Crippen LogP contribution in [0.25, 0.3) is 11.2 Å². The number of hydrogen-bond donors (Lipinski definition) is 4. The maximum absolute atomic E-state index is 12.3. The fraction of sp³-hybridized carbons (Fsp3) is 0.286. The summed E-state index contributed by atoms with van der Waals surface area (Å²) in [6, 6.07) is 5.27. The Hall–Kier alpha value is -4.15. The molecule has 0 radical (unpaired) electrons. The van der Waals surface area contributed by atoms with Crippen LogP contribution in [0.1, 0.15) is 41.6 Å². The van der Waals surface area contributed by atoms with E-state index in [0.29, 0.717) is 17.2 Å². The highest BCUT2D eigenvalue weighted by molar-refractivity contribution is 5.97. The zero-order valence-corrected chi connectivity index (χ0v) is 17.5. The summed E-state index contributed by atoms with van der Waals surface area (Å²) in [7, 11) is 0. The van der Waals surface area contributed by atoms with Crippen LogP contribution in [-0.2, 0) is 16.1 Å². The van der Waals surface area contributed by atoms with Crippen molar-refractivity contribution in [3.63, 3.8) is 0 Å². The zero-order valence-electron chi connectivity index (χ0n) is 17.5. The lowest BCUT2D eigenvalue weighted by Crippen LogP contribution is -2.41. The fourth-order valence-electron chi connectivity index (χ4n) is 2.93. The number of nitrogens with zero attached hydrogens (tertiary/aromatic N) is 3. The third kappa shape index (κ3) is 5.72. The van der Waals surface area contributed by atoms with Crippen LogP contribution < -0.4 is 16.2 Å². The van der Waals surface area contributed by atoms with E-state index in [0.717, 1.165) is 0 Å². The molecule has 1 unspecified atom stereocenters. The minimum atomic E-state index is -1.20. The molecule has 32 heavy (non-hydrogen) atoms. The molecule has 0 spiro atoms. The van der Waals surface area contributed by atoms with Gasteiger partial charge in [0, 0.05) is 17.7 Å². The first-order valence-corrected chi connectivity index (χ1v) is 9.82. The Morgan fingerprint density at radius 3 is 2.53 bits per heavy atom. The van der Waals surface area contributed by atoms with Crippen molar-refractivity contribution in [3.8, 4) is 0 Å². The molecule has 11 nitrogen and oxygen atoms in total. The Bertz CT molecular complexity index is 1220. The number of aromatic amines is 1. The number of hydrogen-bond acceptors (Lipinski definition) is 8. The lowest BCUT2D eigenvalue weighted by molar-refractivity contribution is -0.139. The van der Waals surface area contributed by atoms with Crippen LogP contribution in [0, 0.1) is 6.92 Å². The molecule has 0 bridgehead atoms. The molecule has 0 fully saturated rings. The minimum Gasteiger partial charge on any atom is -0.480 e. The summed E-state index contributed by atoms with van der Waals surface area (Å²) < 4.78 is 0. The molecule has 166 valence electrons. The van der Waals surface area contributed by atoms with E-state index in [9.17, 15) is 24.3 Å². The van der Waals surface area contributed by atoms with Crippen LogP contribution >= 0.6 is 0 Å². The van der Waals surface area contributed by atoms with Gasteiger partial charge >= 0.3 is 5.97 Å². The molecule has 1 aromatic carbocycles. The number of aliphatic carboxylic acids is 1. The maximum atomic E-state index is 12.3. The maximum Gasteiger partial charge on any atom is 0.326 e. The molecule has 11 heteroatoms. The van der Waals surface area contributed by atoms with E-state index < -0.39 is 17.9 Å². The van der Waals surface area contributed by atoms with Gasteiger partial charge in [-0.05, 0) is 44.5 Å². The van der Waals surface area contributed by atoms with Crippen LogP contribution in [-0.4, -0.2) is 48.7 Å². The Morgan fingerprint density at radius 1 is 1.16 bits per heavy atom. The van der Waals surface area contributed by atoms with Crippen molar-refractivity contribution in [3.05, 3.63) is 57.9 Å². The molecule has 0 aliphatic heterocycles. The summed E-state index contributed by atoms with van der Waals surface area (Å²) in [4.78, 5) is 61.9. The van der Waals surface area contributed by atoms with Crippen molar-refractivity contribution in [2.75, 3.05) is 5.32 Å². The number of rotatable bonds is 9. The molecule has 2 heterocycles. The SMILES string of the molecule is CC(=O)CCC(NC(=O)c1ccc(NCc2cnc3nc(C)[nH]c(=O)c3n2)cc1)C(=O)O. The predicted octanol–water partition coefficient (Wildman–Crippen LogP) is 1.19. The van der Waals surface area contributed by atoms with Crippen molar-refractivity contribution < 1.29 is 19.5 Å². The van der Waals surface area contributed by atoms with Crippen molar-refractivity contribution in [1.82, 2.24) is 25.3 Å². The monoisotopic (exact) mass is 438 g/mol. The van der Waals surface area contributed by atoms with Gasteiger partial charge in [0.15, 0.2) is 11.2 Å². The molecule has 3 aromatic rings. The second-order valence-electron chi connectivity index (χ2n) is 7.22. The summed E-state index contributed by atoms with van der Waals surface area (Å²) >= 11 is 0. The first-order valence-electron chi connectivity index (χ1n) is 9.82. The number of nitrogens with one attached hydrogen (secondary N) is 3. The van der Waals surface area contributed by atoms with Gasteiger partial charge < -0.3 is 25.5 Å². The van der Waals surface area contributed by atoms with E-state index in [4.69, 9.17) is 0 Å². The average Bonchev–Trinajstić information content (AvgIpc) is 2.75. The molecule has 0 saturated carbocycles. The highest BCUT2D eigenvalue weighted by atomic mass is 16.4. The molecule has 0 saturated heterocycles. The van der Waals surface area contributed by atoms with E-state index in [2.05, 4.69) is 30.6 Å². The topological polar surface area (TPSA) is 167 Å². The zero-order chi connectivity index (χ0) is 23.3. The van der Waals surface area contributed by atoms with Gasteiger partial charge in [0.2, 0.25) is 0 Å². The Labute approximate surface area is 182 Å². The number of H-pyrrole nitrogens is 1. The Balaban J connectivity index is 1.62. The summed E-state index contributed by atoms with van der Waals surface area (Å²) in [6.07, 6.45) is 1.62. The van der Waals surface area contributed by atoms with Crippen LogP contribution in [0.3, 0.4) is 0 Å². The number of aryl methyl sites for hydroxylation is 1. The molecule has 3 rings (SSSR count). The minimum absolute atomic E-state index is 0.0285. The number of fused-ring (bicyclic) bond motifs is 1. The van der Waals surface area contributed by atoms with Gasteiger partial charge in [-0.15, -0.1) is 0 Å². The number of Topliss-reactive ketones (excluding diaryl/α,β-unsaturated/α-hetero) is 1. The molecular weight excluding hydrogens is 416 g/mol. The van der Waals surface area contributed by atoms with Gasteiger partial charge in [0.1, 0.15) is 17.6 Å². The van der Waals surface area contributed by atoms with Gasteiger partial charge in [-0.2, -0.15) is 0 Å². The third-order valence-corrected chi connectivity index (χ3v) is 4.60. The largest absolute Gasteiger partial charge is 0.480 e. The molecule has 4 N–H and O–H groups in total. The normalized spacial score (nSPS) is 11.7. The fourth-order valence-corrected chi connectivity index (χ4v) is 2.93. The smallest absolute Gasteiger partial charge is 0.326 e. The van der Waals surface area contributed by atoms with Gasteiger partial charge in [-0.1, -0.05) is 0 Å². The van der Waals surface area contributed by atoms with Gasteiger partial charge in [-0.25, -0.2) is 19.7 Å². The number of carbonyl (C=O) groups excluding carboxylic acids is 2. The second kappa shape index (κ2) is 9.77. The highest BCUT2D eigenvalue weighted by Gasteiger charge is 2.21. The van der Waals surface area contributed by atoms with E-state index in [1.807, 2.05) is 0 Å². The van der Waals surface area contributed by atoms with E-state index >= 15 is 0 Å². The number of carboxylic acid groups (broad SMARTS) is 1. The first-order chi connectivity index (χ1) is 15.2. The number of amides is 1. The van der Waals surface area contributed by atoms with Gasteiger partial charge in [0.25, 0.3) is 11.5 Å². The van der Waals surface area contributed by atoms with Crippen LogP contribution in [0.2, 0.25) is 0 Å². The summed E-state index contributed by atoms with van der Waals surface area (Å²) in [6.45, 7) is 3.32. The molecular formula is C21H22N6O5. The number of anilines is 1. The Kier molecular flexibility index (Phi) is 6.88. The summed E-state index contributed by atoms with van der Waals surface area (Å²) in [5, 5.41) is 14.8. The summed E-state index contributed by atoms with van der Waals surface area (Å²) in [5.74, 6) is -1.43. The van der Waals surface area contributed by atoms with Gasteiger partial charge in [0.05, 0.1) is 18.4 Å². The van der Waals surface area contributed by atoms with Crippen LogP contribution in [0.15, 0.2) is 35.3 Å². The quantitative estimate of drug-likeness (QED) is 0.383. The highest BCUT2D eigenvalue weighted by Crippen LogP contribution is 2.12. The second-order valence-corrected chi connectivity index (χ2v) is 7.22. The first kappa shape index (κ1) is 22.5. The van der Waals surface area contributed by atoms with Crippen molar-refractivity contribution >= 4 is 34.5 Å². The molecule has 2 aromatic heterocycles. The van der Waals surface area contributed by atoms with Crippen LogP contribution in [0.5, 0.6) is 0 Å². The van der Waals surface area contributed by atoms with Gasteiger partial charge in [-0.3, -0.25) is 9.59 Å². The van der Waals surface area contributed by atoms with E-state index in [1.54, 1.807) is 31.2 Å². The van der Waals surface area contributed by atoms with E-state index in [1.165, 1.54) is 13.1 Å². The number of carboxylic acids is 1. The van der Waals surface area contributed by atoms with Crippen molar-refractivity contribution in [1.29, 1.82) is 0 Å². The van der Waals surface area contributed by atoms with Crippen molar-refractivity contribution in [2.45, 2.75) is 39.3 Å². The van der Waals surface area contributed by atoms with Crippen molar-refractivity contribution in [2.24, 2.45) is 0 Å². The number of aromatic nitrogens is 4. The van der Waals surface area contributed by atoms with E-state index in [-0.39, 0.29) is 47.5 Å². The Morgan fingerprint density at radius 2 is 1.88 bits per heavy atom. The molecule has 0 aliphatic rings. The lowest BCUT2D eigenvalue weighted by atomic mass is 10.1. The molecule has 1 atom stereocenters. The number of ketones is 1. The number of carbonyl (C=O) groups is 3. The number of benzene rings is 1. The average molecular weight is 438 g/mol.